The summed E-state index contributed by atoms with van der Waals surface area (Å²) in [5.41, 5.74) is 3.93. The summed E-state index contributed by atoms with van der Waals surface area (Å²) >= 11 is 0. The van der Waals surface area contributed by atoms with Gasteiger partial charge in [0.05, 0.1) is 0 Å². The van der Waals surface area contributed by atoms with Crippen LogP contribution in [0, 0.1) is 5.92 Å². The third kappa shape index (κ3) is 1.83. The summed E-state index contributed by atoms with van der Waals surface area (Å²) in [7, 11) is 0. The van der Waals surface area contributed by atoms with Crippen LogP contribution in [0.15, 0.2) is 36.0 Å². The van der Waals surface area contributed by atoms with Gasteiger partial charge in [0, 0.05) is 0 Å². The van der Waals surface area contributed by atoms with Crippen molar-refractivity contribution in [2.75, 3.05) is 0 Å². The Morgan fingerprint density at radius 3 is 2.73 bits per heavy atom. The lowest BCUT2D eigenvalue weighted by Gasteiger charge is -2.22. The van der Waals surface area contributed by atoms with Crippen molar-refractivity contribution in [1.82, 2.24) is 0 Å². The molecule has 0 fully saturated rings. The monoisotopic (exact) mass is 148 g/mol. The van der Waals surface area contributed by atoms with Crippen LogP contribution in [0.4, 0.5) is 0 Å². The molecule has 0 unspecified atom stereocenters. The molecule has 0 spiro atoms. The lowest BCUT2D eigenvalue weighted by atomic mass is 9.83. The molecule has 0 amide bonds. The summed E-state index contributed by atoms with van der Waals surface area (Å²) in [6, 6.07) is 0. The van der Waals surface area contributed by atoms with Crippen LogP contribution in [0.3, 0.4) is 0 Å². The van der Waals surface area contributed by atoms with E-state index in [-0.39, 0.29) is 0 Å². The van der Waals surface area contributed by atoms with E-state index in [1.807, 2.05) is 0 Å². The normalized spacial score (nSPS) is 24.7. The first-order chi connectivity index (χ1) is 5.11. The second-order valence-corrected chi connectivity index (χ2v) is 3.47. The second-order valence-electron chi connectivity index (χ2n) is 3.47. The fourth-order valence-electron chi connectivity index (χ4n) is 1.38. The molecule has 0 nitrogen and oxygen atoms in total. The van der Waals surface area contributed by atoms with Crippen molar-refractivity contribution < 1.29 is 0 Å². The smallest absolute Gasteiger partial charge is 0.0134 e. The summed E-state index contributed by atoms with van der Waals surface area (Å²) in [6.45, 7) is 12.2. The largest absolute Gasteiger partial charge is 0.0998 e. The third-order valence-electron chi connectivity index (χ3n) is 2.46. The Morgan fingerprint density at radius 1 is 1.64 bits per heavy atom. The zero-order valence-electron chi connectivity index (χ0n) is 7.48. The van der Waals surface area contributed by atoms with Crippen LogP contribution in [-0.4, -0.2) is 0 Å². The molecular formula is C11H16. The van der Waals surface area contributed by atoms with Gasteiger partial charge in [0.1, 0.15) is 0 Å². The molecular weight excluding hydrogens is 132 g/mol. The predicted molar refractivity (Wildman–Crippen MR) is 50.4 cm³/mol. The lowest BCUT2D eigenvalue weighted by molar-refractivity contribution is 0.602. The van der Waals surface area contributed by atoms with Gasteiger partial charge in [-0.05, 0) is 32.6 Å². The Hall–Kier alpha value is -0.780. The summed E-state index contributed by atoms with van der Waals surface area (Å²) in [4.78, 5) is 0. The molecule has 0 aromatic carbocycles. The van der Waals surface area contributed by atoms with Crippen LogP contribution in [0.2, 0.25) is 0 Å². The first kappa shape index (κ1) is 8.32. The minimum absolute atomic E-state index is 0.645. The fourth-order valence-corrected chi connectivity index (χ4v) is 1.38. The Labute approximate surface area is 69.3 Å². The topological polar surface area (TPSA) is 0 Å². The minimum atomic E-state index is 0.645. The first-order valence-corrected chi connectivity index (χ1v) is 4.11. The molecule has 11 heavy (non-hydrogen) atoms. The molecule has 0 N–H and O–H groups in total. The van der Waals surface area contributed by atoms with E-state index in [1.54, 1.807) is 0 Å². The highest BCUT2D eigenvalue weighted by Crippen LogP contribution is 2.30. The van der Waals surface area contributed by atoms with Gasteiger partial charge in [0.25, 0.3) is 0 Å². The molecule has 0 aromatic heterocycles. The van der Waals surface area contributed by atoms with Gasteiger partial charge in [-0.15, -0.1) is 0 Å². The van der Waals surface area contributed by atoms with Crippen molar-refractivity contribution in [3.63, 3.8) is 0 Å². The van der Waals surface area contributed by atoms with Crippen LogP contribution >= 0.6 is 0 Å². The average molecular weight is 148 g/mol. The van der Waals surface area contributed by atoms with Crippen LogP contribution in [0.1, 0.15) is 26.7 Å². The number of hydrogen-bond donors (Lipinski definition) is 0. The van der Waals surface area contributed by atoms with Crippen molar-refractivity contribution in [3.8, 4) is 0 Å². The molecule has 1 rings (SSSR count). The van der Waals surface area contributed by atoms with Crippen LogP contribution in [0.5, 0.6) is 0 Å². The van der Waals surface area contributed by atoms with E-state index in [0.29, 0.717) is 5.92 Å². The summed E-state index contributed by atoms with van der Waals surface area (Å²) in [5.74, 6) is 0.645. The molecule has 1 aliphatic rings. The Morgan fingerprint density at radius 2 is 2.27 bits per heavy atom. The van der Waals surface area contributed by atoms with E-state index in [4.69, 9.17) is 0 Å². The van der Waals surface area contributed by atoms with Crippen molar-refractivity contribution in [2.45, 2.75) is 26.7 Å². The highest BCUT2D eigenvalue weighted by molar-refractivity contribution is 5.31. The van der Waals surface area contributed by atoms with Gasteiger partial charge in [-0.1, -0.05) is 36.0 Å². The highest BCUT2D eigenvalue weighted by atomic mass is 14.2. The molecule has 0 aliphatic heterocycles. The molecule has 60 valence electrons. The van der Waals surface area contributed by atoms with Crippen molar-refractivity contribution in [1.29, 1.82) is 0 Å². The molecule has 0 radical (unpaired) electrons. The van der Waals surface area contributed by atoms with E-state index in [0.717, 1.165) is 12.8 Å². The van der Waals surface area contributed by atoms with Crippen molar-refractivity contribution in [2.24, 2.45) is 5.92 Å². The molecule has 1 aliphatic carbocycles. The fraction of sp³-hybridized carbons (Fsp3) is 0.455. The first-order valence-electron chi connectivity index (χ1n) is 4.11. The van der Waals surface area contributed by atoms with Gasteiger partial charge < -0.3 is 0 Å². The summed E-state index contributed by atoms with van der Waals surface area (Å²) < 4.78 is 0. The average Bonchev–Trinajstić information content (AvgIpc) is 1.94. The van der Waals surface area contributed by atoms with Gasteiger partial charge in [-0.25, -0.2) is 0 Å². The van der Waals surface area contributed by atoms with E-state index >= 15 is 0 Å². The minimum Gasteiger partial charge on any atom is -0.0998 e. The van der Waals surface area contributed by atoms with Crippen LogP contribution in [0.25, 0.3) is 0 Å². The van der Waals surface area contributed by atoms with E-state index in [1.165, 1.54) is 16.7 Å². The summed E-state index contributed by atoms with van der Waals surface area (Å²) in [5, 5.41) is 0. The molecule has 0 aromatic rings. The zero-order chi connectivity index (χ0) is 8.43. The lowest BCUT2D eigenvalue weighted by Crippen LogP contribution is -2.07. The Balaban J connectivity index is 2.70. The number of allylic oxidation sites excluding steroid dienone is 4. The zero-order valence-corrected chi connectivity index (χ0v) is 7.48. The number of rotatable bonds is 1. The Bertz CT molecular complexity index is 218. The van der Waals surface area contributed by atoms with Crippen LogP contribution in [-0.2, 0) is 0 Å². The molecule has 0 bridgehead atoms. The number of hydrogen-bond acceptors (Lipinski definition) is 0. The maximum atomic E-state index is 4.02. The van der Waals surface area contributed by atoms with Gasteiger partial charge >= 0.3 is 0 Å². The molecule has 0 saturated heterocycles. The van der Waals surface area contributed by atoms with E-state index in [2.05, 4.69) is 33.1 Å². The van der Waals surface area contributed by atoms with Crippen molar-refractivity contribution >= 4 is 0 Å². The van der Waals surface area contributed by atoms with E-state index in [9.17, 15) is 0 Å². The maximum absolute atomic E-state index is 4.02. The molecule has 0 heteroatoms. The highest BCUT2D eigenvalue weighted by Gasteiger charge is 2.14. The van der Waals surface area contributed by atoms with Gasteiger partial charge in [0.2, 0.25) is 0 Å². The van der Waals surface area contributed by atoms with Crippen LogP contribution < -0.4 is 0 Å². The van der Waals surface area contributed by atoms with Gasteiger partial charge in [-0.3, -0.25) is 0 Å². The standard InChI is InChI=1S/C11H16/c1-8(2)11-6-5-9(3)10(4)7-11/h5,11H,1,4,6-7H2,2-3H3/t11-/m0/s1. The molecule has 0 heterocycles. The third-order valence-corrected chi connectivity index (χ3v) is 2.46. The van der Waals surface area contributed by atoms with Crippen molar-refractivity contribution in [3.05, 3.63) is 36.0 Å². The van der Waals surface area contributed by atoms with Gasteiger partial charge in [-0.2, -0.15) is 0 Å². The molecule has 0 saturated carbocycles. The summed E-state index contributed by atoms with van der Waals surface area (Å²) in [6.07, 6.45) is 4.53. The molecule has 1 atom stereocenters. The van der Waals surface area contributed by atoms with Gasteiger partial charge in [0.15, 0.2) is 0 Å². The SMILES string of the molecule is C=C1C[C@@H](C(=C)C)CC=C1C. The van der Waals surface area contributed by atoms with E-state index < -0.39 is 0 Å². The maximum Gasteiger partial charge on any atom is -0.0134 e. The second kappa shape index (κ2) is 3.08. The predicted octanol–water partition coefficient (Wildman–Crippen LogP) is 3.48. The Kier molecular flexibility index (Phi) is 2.33. The quantitative estimate of drug-likeness (QED) is 0.499.